The molecule has 1 aromatic heterocycles. The van der Waals surface area contributed by atoms with E-state index < -0.39 is 5.54 Å². The van der Waals surface area contributed by atoms with Crippen molar-refractivity contribution in [1.82, 2.24) is 15.3 Å². The van der Waals surface area contributed by atoms with Crippen LogP contribution in [0.25, 0.3) is 0 Å². The number of carbonyl (C=O) groups is 1. The molecule has 0 spiro atoms. The van der Waals surface area contributed by atoms with Crippen LogP contribution in [0.15, 0.2) is 23.6 Å². The molecule has 112 valence electrons. The van der Waals surface area contributed by atoms with Crippen molar-refractivity contribution in [1.29, 1.82) is 0 Å². The van der Waals surface area contributed by atoms with Crippen LogP contribution in [0.4, 0.5) is 0 Å². The summed E-state index contributed by atoms with van der Waals surface area (Å²) in [7, 11) is 0. The van der Waals surface area contributed by atoms with Crippen LogP contribution in [0.3, 0.4) is 0 Å². The van der Waals surface area contributed by atoms with Gasteiger partial charge >= 0.3 is 0 Å². The number of hydrogen-bond donors (Lipinski definition) is 2. The second-order valence-electron chi connectivity index (χ2n) is 4.96. The van der Waals surface area contributed by atoms with Gasteiger partial charge < -0.3 is 11.1 Å². The first-order valence-corrected chi connectivity index (χ1v) is 8.02. The van der Waals surface area contributed by atoms with Gasteiger partial charge in [0.25, 0.3) is 0 Å². The van der Waals surface area contributed by atoms with Gasteiger partial charge in [-0.05, 0) is 38.8 Å². The molecule has 0 aromatic carbocycles. The number of hydrogen-bond acceptors (Lipinski definition) is 5. The number of amides is 1. The Kier molecular flexibility index (Phi) is 7.54. The van der Waals surface area contributed by atoms with Crippen LogP contribution in [0.2, 0.25) is 0 Å². The standard InChI is InChI=1S/C14H24N4OS/c1-3-8-18-14(2,12(15)19)7-4-5-11-20-13-16-9-6-10-17-13/h6,9-10,18H,3-5,7-8,11H2,1-2H3,(H2,15,19). The lowest BCUT2D eigenvalue weighted by atomic mass is 9.94. The molecular weight excluding hydrogens is 272 g/mol. The summed E-state index contributed by atoms with van der Waals surface area (Å²) in [6.45, 7) is 4.77. The Morgan fingerprint density at radius 1 is 1.40 bits per heavy atom. The molecule has 0 radical (unpaired) electrons. The van der Waals surface area contributed by atoms with Crippen molar-refractivity contribution >= 4 is 17.7 Å². The number of nitrogens with one attached hydrogen (secondary N) is 1. The minimum atomic E-state index is -0.593. The van der Waals surface area contributed by atoms with Gasteiger partial charge in [0, 0.05) is 18.1 Å². The summed E-state index contributed by atoms with van der Waals surface area (Å²) in [5, 5.41) is 4.05. The van der Waals surface area contributed by atoms with E-state index in [1.54, 1.807) is 24.2 Å². The summed E-state index contributed by atoms with van der Waals surface area (Å²) < 4.78 is 0. The van der Waals surface area contributed by atoms with Crippen molar-refractivity contribution < 1.29 is 4.79 Å². The number of aromatic nitrogens is 2. The van der Waals surface area contributed by atoms with Crippen LogP contribution in [-0.2, 0) is 4.79 Å². The van der Waals surface area contributed by atoms with Crippen LogP contribution >= 0.6 is 11.8 Å². The Morgan fingerprint density at radius 3 is 2.70 bits per heavy atom. The SMILES string of the molecule is CCCNC(C)(CCCCSc1ncccn1)C(N)=O. The fourth-order valence-electron chi connectivity index (χ4n) is 1.80. The molecule has 6 heteroatoms. The average molecular weight is 296 g/mol. The molecule has 1 amide bonds. The summed E-state index contributed by atoms with van der Waals surface area (Å²) in [5.74, 6) is 0.678. The maximum Gasteiger partial charge on any atom is 0.237 e. The number of nitrogens with zero attached hydrogens (tertiary/aromatic N) is 2. The van der Waals surface area contributed by atoms with Crippen molar-refractivity contribution in [3.8, 4) is 0 Å². The fraction of sp³-hybridized carbons (Fsp3) is 0.643. The summed E-state index contributed by atoms with van der Waals surface area (Å²) >= 11 is 1.64. The lowest BCUT2D eigenvalue weighted by molar-refractivity contribution is -0.124. The van der Waals surface area contributed by atoms with E-state index >= 15 is 0 Å². The largest absolute Gasteiger partial charge is 0.368 e. The zero-order valence-corrected chi connectivity index (χ0v) is 13.1. The van der Waals surface area contributed by atoms with Gasteiger partial charge in [-0.3, -0.25) is 4.79 Å². The van der Waals surface area contributed by atoms with Crippen molar-refractivity contribution in [2.75, 3.05) is 12.3 Å². The van der Waals surface area contributed by atoms with Crippen molar-refractivity contribution in [2.45, 2.75) is 50.2 Å². The van der Waals surface area contributed by atoms with Gasteiger partial charge in [-0.15, -0.1) is 0 Å². The Hall–Kier alpha value is -1.14. The third kappa shape index (κ3) is 5.88. The highest BCUT2D eigenvalue weighted by molar-refractivity contribution is 7.99. The summed E-state index contributed by atoms with van der Waals surface area (Å²) in [6.07, 6.45) is 7.21. The van der Waals surface area contributed by atoms with Crippen LogP contribution in [0, 0.1) is 0 Å². The Balaban J connectivity index is 2.25. The van der Waals surface area contributed by atoms with Crippen LogP contribution in [0.1, 0.15) is 39.5 Å². The third-order valence-electron chi connectivity index (χ3n) is 3.15. The van der Waals surface area contributed by atoms with Crippen molar-refractivity contribution in [3.05, 3.63) is 18.5 Å². The lowest BCUT2D eigenvalue weighted by Gasteiger charge is -2.27. The second kappa shape index (κ2) is 8.92. The molecule has 1 atom stereocenters. The Labute approximate surface area is 125 Å². The number of unbranched alkanes of at least 4 members (excludes halogenated alkanes) is 1. The zero-order valence-electron chi connectivity index (χ0n) is 12.3. The van der Waals surface area contributed by atoms with Crippen molar-refractivity contribution in [3.63, 3.8) is 0 Å². The minimum Gasteiger partial charge on any atom is -0.368 e. The first-order chi connectivity index (χ1) is 9.58. The highest BCUT2D eigenvalue weighted by Gasteiger charge is 2.29. The predicted molar refractivity (Wildman–Crippen MR) is 82.5 cm³/mol. The van der Waals surface area contributed by atoms with Crippen LogP contribution in [0.5, 0.6) is 0 Å². The van der Waals surface area contributed by atoms with E-state index in [1.165, 1.54) is 0 Å². The van der Waals surface area contributed by atoms with Gasteiger partial charge in [-0.1, -0.05) is 25.1 Å². The normalized spacial score (nSPS) is 13.9. The smallest absolute Gasteiger partial charge is 0.237 e. The van der Waals surface area contributed by atoms with E-state index in [2.05, 4.69) is 22.2 Å². The average Bonchev–Trinajstić information content (AvgIpc) is 2.45. The van der Waals surface area contributed by atoms with Crippen LogP contribution in [-0.4, -0.2) is 33.7 Å². The first kappa shape index (κ1) is 16.9. The zero-order chi connectivity index (χ0) is 14.8. The molecule has 1 unspecified atom stereocenters. The third-order valence-corrected chi connectivity index (χ3v) is 4.12. The highest BCUT2D eigenvalue weighted by Crippen LogP contribution is 2.18. The monoisotopic (exact) mass is 296 g/mol. The Morgan fingerprint density at radius 2 is 2.10 bits per heavy atom. The van der Waals surface area contributed by atoms with Gasteiger partial charge in [-0.25, -0.2) is 9.97 Å². The molecule has 0 saturated carbocycles. The van der Waals surface area contributed by atoms with E-state index in [0.717, 1.165) is 43.1 Å². The molecule has 20 heavy (non-hydrogen) atoms. The number of carbonyl (C=O) groups excluding carboxylic acids is 1. The maximum absolute atomic E-state index is 11.5. The van der Waals surface area contributed by atoms with E-state index in [4.69, 9.17) is 5.73 Å². The number of primary amides is 1. The predicted octanol–water partition coefficient (Wildman–Crippen LogP) is 1.98. The van der Waals surface area contributed by atoms with E-state index in [1.807, 2.05) is 13.0 Å². The topological polar surface area (TPSA) is 80.9 Å². The first-order valence-electron chi connectivity index (χ1n) is 7.03. The number of thioether (sulfide) groups is 1. The van der Waals surface area contributed by atoms with Crippen molar-refractivity contribution in [2.24, 2.45) is 5.73 Å². The van der Waals surface area contributed by atoms with E-state index in [9.17, 15) is 4.79 Å². The summed E-state index contributed by atoms with van der Waals surface area (Å²) in [5.41, 5.74) is 4.90. The van der Waals surface area contributed by atoms with Gasteiger partial charge in [0.1, 0.15) is 0 Å². The molecule has 0 aliphatic carbocycles. The quantitative estimate of drug-likeness (QED) is 0.392. The molecule has 0 saturated heterocycles. The molecule has 1 rings (SSSR count). The molecule has 0 fully saturated rings. The molecule has 0 aliphatic rings. The van der Waals surface area contributed by atoms with Gasteiger partial charge in [0.05, 0.1) is 5.54 Å². The Bertz CT molecular complexity index is 401. The van der Waals surface area contributed by atoms with E-state index in [-0.39, 0.29) is 5.91 Å². The molecule has 3 N–H and O–H groups in total. The van der Waals surface area contributed by atoms with E-state index in [0.29, 0.717) is 0 Å². The molecule has 0 aliphatic heterocycles. The maximum atomic E-state index is 11.5. The summed E-state index contributed by atoms with van der Waals surface area (Å²) in [6, 6.07) is 1.81. The van der Waals surface area contributed by atoms with Crippen LogP contribution < -0.4 is 11.1 Å². The summed E-state index contributed by atoms with van der Waals surface area (Å²) in [4.78, 5) is 19.9. The van der Waals surface area contributed by atoms with Gasteiger partial charge in [0.15, 0.2) is 5.16 Å². The lowest BCUT2D eigenvalue weighted by Crippen LogP contribution is -2.53. The second-order valence-corrected chi connectivity index (χ2v) is 6.02. The number of rotatable bonds is 10. The van der Waals surface area contributed by atoms with Gasteiger partial charge in [-0.2, -0.15) is 0 Å². The molecular formula is C14H24N4OS. The van der Waals surface area contributed by atoms with Gasteiger partial charge in [0.2, 0.25) is 5.91 Å². The fourth-order valence-corrected chi connectivity index (χ4v) is 2.61. The molecule has 0 bridgehead atoms. The highest BCUT2D eigenvalue weighted by atomic mass is 32.2. The molecule has 1 aromatic rings. The molecule has 1 heterocycles. The molecule has 5 nitrogen and oxygen atoms in total. The minimum absolute atomic E-state index is 0.273. The number of nitrogens with two attached hydrogens (primary N) is 1.